The van der Waals surface area contributed by atoms with Gasteiger partial charge in [-0.2, -0.15) is 5.10 Å². The lowest BCUT2D eigenvalue weighted by molar-refractivity contribution is 0.576. The van der Waals surface area contributed by atoms with Gasteiger partial charge in [0, 0.05) is 18.9 Å². The Labute approximate surface area is 105 Å². The number of aromatic nitrogens is 5. The molecule has 2 heterocycles. The van der Waals surface area contributed by atoms with Crippen LogP contribution < -0.4 is 0 Å². The number of rotatable bonds is 5. The Morgan fingerprint density at radius 2 is 2.00 bits per heavy atom. The van der Waals surface area contributed by atoms with Crippen molar-refractivity contribution in [1.29, 1.82) is 0 Å². The van der Waals surface area contributed by atoms with E-state index in [1.165, 1.54) is 11.8 Å². The van der Waals surface area contributed by atoms with Gasteiger partial charge in [0.15, 0.2) is 11.0 Å². The van der Waals surface area contributed by atoms with Crippen LogP contribution in [0.5, 0.6) is 0 Å². The molecule has 0 radical (unpaired) electrons. The van der Waals surface area contributed by atoms with E-state index < -0.39 is 0 Å². The summed E-state index contributed by atoms with van der Waals surface area (Å²) in [5.74, 6) is 0.839. The maximum Gasteiger partial charge on any atom is 0.187 e. The number of hydrogen-bond acceptors (Lipinski definition) is 5. The molecule has 2 rings (SSSR count). The van der Waals surface area contributed by atoms with E-state index in [-0.39, 0.29) is 0 Å². The van der Waals surface area contributed by atoms with Crippen LogP contribution in [0.1, 0.15) is 19.8 Å². The first-order chi connectivity index (χ1) is 8.35. The molecule has 2 aromatic heterocycles. The number of hydrogen-bond donors (Lipinski definition) is 0. The van der Waals surface area contributed by atoms with E-state index in [1.807, 2.05) is 10.9 Å². The topological polar surface area (TPSA) is 56.5 Å². The third-order valence-electron chi connectivity index (χ3n) is 2.41. The van der Waals surface area contributed by atoms with E-state index in [2.05, 4.69) is 27.0 Å². The summed E-state index contributed by atoms with van der Waals surface area (Å²) in [5.41, 5.74) is 0.913. The van der Waals surface area contributed by atoms with Gasteiger partial charge in [0.1, 0.15) is 6.33 Å². The molecule has 0 amide bonds. The van der Waals surface area contributed by atoms with Crippen LogP contribution in [-0.4, -0.2) is 31.0 Å². The summed E-state index contributed by atoms with van der Waals surface area (Å²) < 4.78 is 1.90. The van der Waals surface area contributed by atoms with Gasteiger partial charge in [0.25, 0.3) is 0 Å². The highest BCUT2D eigenvalue weighted by Crippen LogP contribution is 2.16. The monoisotopic (exact) mass is 249 g/mol. The van der Waals surface area contributed by atoms with Gasteiger partial charge in [-0.1, -0.05) is 25.1 Å². The maximum atomic E-state index is 4.26. The van der Waals surface area contributed by atoms with Gasteiger partial charge >= 0.3 is 0 Å². The third-order valence-corrected chi connectivity index (χ3v) is 2.98. The SMILES string of the molecule is CCCCn1ncnc1-c1cnc(SC)nc1. The fourth-order valence-corrected chi connectivity index (χ4v) is 1.81. The second kappa shape index (κ2) is 5.77. The number of nitrogens with zero attached hydrogens (tertiary/aromatic N) is 5. The largest absolute Gasteiger partial charge is 0.246 e. The number of unbranched alkanes of at least 4 members (excludes halogenated alkanes) is 1. The van der Waals surface area contributed by atoms with E-state index in [1.54, 1.807) is 18.7 Å². The minimum Gasteiger partial charge on any atom is -0.246 e. The number of aryl methyl sites for hydroxylation is 1. The first kappa shape index (κ1) is 12.0. The van der Waals surface area contributed by atoms with Crippen molar-refractivity contribution in [3.05, 3.63) is 18.7 Å². The molecule has 0 fully saturated rings. The van der Waals surface area contributed by atoms with Crippen LogP contribution in [0.3, 0.4) is 0 Å². The Kier molecular flexibility index (Phi) is 4.08. The predicted octanol–water partition coefficient (Wildman–Crippen LogP) is 2.26. The molecule has 0 aliphatic carbocycles. The Balaban J connectivity index is 2.23. The Morgan fingerprint density at radius 1 is 1.24 bits per heavy atom. The Morgan fingerprint density at radius 3 is 2.65 bits per heavy atom. The summed E-state index contributed by atoms with van der Waals surface area (Å²) in [6.07, 6.45) is 9.37. The van der Waals surface area contributed by atoms with Crippen LogP contribution >= 0.6 is 11.8 Å². The maximum absolute atomic E-state index is 4.26. The van der Waals surface area contributed by atoms with Crippen LogP contribution in [0.15, 0.2) is 23.9 Å². The van der Waals surface area contributed by atoms with Gasteiger partial charge in [0.2, 0.25) is 0 Å². The normalized spacial score (nSPS) is 10.7. The summed E-state index contributed by atoms with van der Waals surface area (Å²) in [4.78, 5) is 12.8. The van der Waals surface area contributed by atoms with Crippen molar-refractivity contribution in [3.8, 4) is 11.4 Å². The lowest BCUT2D eigenvalue weighted by Crippen LogP contribution is -2.03. The summed E-state index contributed by atoms with van der Waals surface area (Å²) in [5, 5.41) is 4.99. The van der Waals surface area contributed by atoms with Crippen LogP contribution in [0.25, 0.3) is 11.4 Å². The van der Waals surface area contributed by atoms with Crippen molar-refractivity contribution in [2.24, 2.45) is 0 Å². The predicted molar refractivity (Wildman–Crippen MR) is 67.7 cm³/mol. The van der Waals surface area contributed by atoms with Crippen molar-refractivity contribution in [2.75, 3.05) is 6.26 Å². The third kappa shape index (κ3) is 2.82. The second-order valence-corrected chi connectivity index (χ2v) is 4.39. The van der Waals surface area contributed by atoms with E-state index >= 15 is 0 Å². The zero-order valence-electron chi connectivity index (χ0n) is 10.00. The van der Waals surface area contributed by atoms with Crippen LogP contribution in [0, 0.1) is 0 Å². The molecule has 90 valence electrons. The van der Waals surface area contributed by atoms with Crippen LogP contribution in [0.4, 0.5) is 0 Å². The molecule has 17 heavy (non-hydrogen) atoms. The first-order valence-electron chi connectivity index (χ1n) is 5.59. The Hall–Kier alpha value is -1.43. The van der Waals surface area contributed by atoms with Crippen molar-refractivity contribution in [1.82, 2.24) is 24.7 Å². The zero-order chi connectivity index (χ0) is 12.1. The molecule has 0 saturated heterocycles. The molecule has 0 aliphatic heterocycles. The fourth-order valence-electron chi connectivity index (χ4n) is 1.50. The van der Waals surface area contributed by atoms with Gasteiger partial charge in [-0.25, -0.2) is 19.6 Å². The van der Waals surface area contributed by atoms with Crippen molar-refractivity contribution < 1.29 is 0 Å². The molecule has 6 heteroatoms. The molecule has 2 aromatic rings. The first-order valence-corrected chi connectivity index (χ1v) is 6.82. The molecule has 0 saturated carbocycles. The molecular weight excluding hydrogens is 234 g/mol. The molecule has 0 spiro atoms. The van der Waals surface area contributed by atoms with Gasteiger partial charge in [-0.15, -0.1) is 0 Å². The van der Waals surface area contributed by atoms with Crippen molar-refractivity contribution >= 4 is 11.8 Å². The molecule has 5 nitrogen and oxygen atoms in total. The minimum absolute atomic E-state index is 0.772. The van der Waals surface area contributed by atoms with Crippen molar-refractivity contribution in [2.45, 2.75) is 31.5 Å². The standard InChI is InChI=1S/C11H15N5S/c1-3-4-5-16-10(14-8-15-16)9-6-12-11(17-2)13-7-9/h6-8H,3-5H2,1-2H3. The Bertz CT molecular complexity index is 465. The van der Waals surface area contributed by atoms with E-state index in [0.29, 0.717) is 0 Å². The van der Waals surface area contributed by atoms with E-state index in [9.17, 15) is 0 Å². The average Bonchev–Trinajstić information content (AvgIpc) is 2.84. The highest BCUT2D eigenvalue weighted by atomic mass is 32.2. The average molecular weight is 249 g/mol. The van der Waals surface area contributed by atoms with Gasteiger partial charge in [0.05, 0.1) is 5.56 Å². The lowest BCUT2D eigenvalue weighted by Gasteiger charge is -2.04. The highest BCUT2D eigenvalue weighted by molar-refractivity contribution is 7.98. The fraction of sp³-hybridized carbons (Fsp3) is 0.455. The highest BCUT2D eigenvalue weighted by Gasteiger charge is 2.07. The smallest absolute Gasteiger partial charge is 0.187 e. The van der Waals surface area contributed by atoms with Gasteiger partial charge in [-0.3, -0.25) is 0 Å². The molecule has 0 atom stereocenters. The van der Waals surface area contributed by atoms with Crippen LogP contribution in [-0.2, 0) is 6.54 Å². The molecule has 0 bridgehead atoms. The molecule has 0 aromatic carbocycles. The summed E-state index contributed by atoms with van der Waals surface area (Å²) in [7, 11) is 0. The lowest BCUT2D eigenvalue weighted by atomic mass is 10.3. The minimum atomic E-state index is 0.772. The van der Waals surface area contributed by atoms with Crippen LogP contribution in [0.2, 0.25) is 0 Å². The van der Waals surface area contributed by atoms with E-state index in [4.69, 9.17) is 0 Å². The molecule has 0 N–H and O–H groups in total. The van der Waals surface area contributed by atoms with Crippen molar-refractivity contribution in [3.63, 3.8) is 0 Å². The number of thioether (sulfide) groups is 1. The quantitative estimate of drug-likeness (QED) is 0.601. The molecule has 0 aliphatic rings. The second-order valence-electron chi connectivity index (χ2n) is 3.62. The summed E-state index contributed by atoms with van der Waals surface area (Å²) in [6.45, 7) is 3.04. The van der Waals surface area contributed by atoms with Gasteiger partial charge < -0.3 is 0 Å². The summed E-state index contributed by atoms with van der Waals surface area (Å²) >= 11 is 1.53. The summed E-state index contributed by atoms with van der Waals surface area (Å²) in [6, 6.07) is 0. The molecular formula is C11H15N5S. The zero-order valence-corrected chi connectivity index (χ0v) is 10.8. The molecule has 0 unspecified atom stereocenters. The van der Waals surface area contributed by atoms with Gasteiger partial charge in [-0.05, 0) is 12.7 Å². The van der Waals surface area contributed by atoms with E-state index in [0.717, 1.165) is 35.9 Å².